The Labute approximate surface area is 90.9 Å². The molecule has 2 N–H and O–H groups in total. The Morgan fingerprint density at radius 2 is 1.93 bits per heavy atom. The van der Waals surface area contributed by atoms with E-state index in [9.17, 15) is 8.42 Å². The maximum absolute atomic E-state index is 11.5. The van der Waals surface area contributed by atoms with Crippen LogP contribution in [-0.2, 0) is 10.2 Å². The van der Waals surface area contributed by atoms with E-state index in [1.54, 1.807) is 26.0 Å². The van der Waals surface area contributed by atoms with Crippen LogP contribution in [0.3, 0.4) is 0 Å². The average Bonchev–Trinajstić information content (AvgIpc) is 1.99. The number of rotatable bonds is 4. The minimum absolute atomic E-state index is 0.118. The van der Waals surface area contributed by atoms with E-state index in [0.717, 1.165) is 5.56 Å². The van der Waals surface area contributed by atoms with Gasteiger partial charge in [-0.05, 0) is 38.5 Å². The zero-order valence-electron chi connectivity index (χ0n) is 9.11. The highest BCUT2D eigenvalue weighted by Crippen LogP contribution is 2.10. The standard InChI is InChI=1S/C10H16N2O2S/c1-8(2)11-15(13,14)12-10-6-4-5-9(3)7-10/h4-8,11-12H,1-3H3. The second-order valence-corrected chi connectivity index (χ2v) is 5.19. The third-order valence-corrected chi connectivity index (χ3v) is 2.95. The van der Waals surface area contributed by atoms with Crippen molar-refractivity contribution in [2.45, 2.75) is 26.8 Å². The summed E-state index contributed by atoms with van der Waals surface area (Å²) < 4.78 is 27.9. The Kier molecular flexibility index (Phi) is 3.71. The molecule has 4 nitrogen and oxygen atoms in total. The minimum atomic E-state index is -3.45. The minimum Gasteiger partial charge on any atom is -0.271 e. The third kappa shape index (κ3) is 4.31. The summed E-state index contributed by atoms with van der Waals surface area (Å²) in [5, 5.41) is 0. The Bertz CT molecular complexity index is 427. The summed E-state index contributed by atoms with van der Waals surface area (Å²) in [5.41, 5.74) is 1.59. The molecule has 1 rings (SSSR count). The molecule has 0 aromatic heterocycles. The lowest BCUT2D eigenvalue weighted by molar-refractivity contribution is 0.575. The van der Waals surface area contributed by atoms with Gasteiger partial charge in [0, 0.05) is 11.7 Å². The van der Waals surface area contributed by atoms with Crippen LogP contribution >= 0.6 is 0 Å². The van der Waals surface area contributed by atoms with Crippen molar-refractivity contribution >= 4 is 15.9 Å². The van der Waals surface area contributed by atoms with E-state index in [-0.39, 0.29) is 6.04 Å². The van der Waals surface area contributed by atoms with Gasteiger partial charge in [0.2, 0.25) is 0 Å². The summed E-state index contributed by atoms with van der Waals surface area (Å²) >= 11 is 0. The van der Waals surface area contributed by atoms with E-state index in [2.05, 4.69) is 9.44 Å². The fourth-order valence-corrected chi connectivity index (χ4v) is 2.32. The molecule has 0 atom stereocenters. The molecular weight excluding hydrogens is 212 g/mol. The Hall–Kier alpha value is -1.07. The zero-order chi connectivity index (χ0) is 11.5. The Morgan fingerprint density at radius 3 is 2.47 bits per heavy atom. The van der Waals surface area contributed by atoms with Crippen molar-refractivity contribution in [1.29, 1.82) is 0 Å². The summed E-state index contributed by atoms with van der Waals surface area (Å²) in [5.74, 6) is 0. The molecule has 0 heterocycles. The van der Waals surface area contributed by atoms with Crippen LogP contribution in [0.5, 0.6) is 0 Å². The molecule has 0 amide bonds. The first-order valence-electron chi connectivity index (χ1n) is 4.76. The predicted molar refractivity (Wildman–Crippen MR) is 62.0 cm³/mol. The fraction of sp³-hybridized carbons (Fsp3) is 0.400. The van der Waals surface area contributed by atoms with Crippen LogP contribution in [0.15, 0.2) is 24.3 Å². The highest BCUT2D eigenvalue weighted by Gasteiger charge is 2.10. The molecule has 15 heavy (non-hydrogen) atoms. The molecule has 0 unspecified atom stereocenters. The summed E-state index contributed by atoms with van der Waals surface area (Å²) in [6.45, 7) is 5.46. The number of benzene rings is 1. The third-order valence-electron chi connectivity index (χ3n) is 1.66. The molecular formula is C10H16N2O2S. The quantitative estimate of drug-likeness (QED) is 0.823. The van der Waals surface area contributed by atoms with E-state index in [1.165, 1.54) is 0 Å². The van der Waals surface area contributed by atoms with Crippen molar-refractivity contribution in [3.05, 3.63) is 29.8 Å². The lowest BCUT2D eigenvalue weighted by atomic mass is 10.2. The van der Waals surface area contributed by atoms with Crippen molar-refractivity contribution in [3.63, 3.8) is 0 Å². The molecule has 0 aliphatic rings. The van der Waals surface area contributed by atoms with Crippen LogP contribution in [0, 0.1) is 6.92 Å². The highest BCUT2D eigenvalue weighted by atomic mass is 32.2. The van der Waals surface area contributed by atoms with Gasteiger partial charge in [0.25, 0.3) is 10.2 Å². The predicted octanol–water partition coefficient (Wildman–Crippen LogP) is 1.65. The van der Waals surface area contributed by atoms with Gasteiger partial charge < -0.3 is 0 Å². The van der Waals surface area contributed by atoms with Gasteiger partial charge in [0.15, 0.2) is 0 Å². The molecule has 84 valence electrons. The van der Waals surface area contributed by atoms with Crippen molar-refractivity contribution in [2.75, 3.05) is 4.72 Å². The van der Waals surface area contributed by atoms with Crippen LogP contribution in [0.25, 0.3) is 0 Å². The van der Waals surface area contributed by atoms with Gasteiger partial charge >= 0.3 is 0 Å². The molecule has 1 aromatic carbocycles. The molecule has 0 saturated carbocycles. The van der Waals surface area contributed by atoms with Crippen LogP contribution < -0.4 is 9.44 Å². The normalized spacial score (nSPS) is 11.7. The maximum atomic E-state index is 11.5. The van der Waals surface area contributed by atoms with E-state index < -0.39 is 10.2 Å². The molecule has 5 heteroatoms. The first kappa shape index (κ1) is 12.0. The first-order chi connectivity index (χ1) is 6.89. The largest absolute Gasteiger partial charge is 0.299 e. The number of hydrogen-bond acceptors (Lipinski definition) is 2. The molecule has 0 fully saturated rings. The summed E-state index contributed by atoms with van der Waals surface area (Å²) in [7, 11) is -3.45. The highest BCUT2D eigenvalue weighted by molar-refractivity contribution is 7.90. The monoisotopic (exact) mass is 228 g/mol. The molecule has 0 radical (unpaired) electrons. The van der Waals surface area contributed by atoms with E-state index in [1.807, 2.05) is 19.1 Å². The Balaban J connectivity index is 2.78. The van der Waals surface area contributed by atoms with E-state index in [4.69, 9.17) is 0 Å². The van der Waals surface area contributed by atoms with Crippen LogP contribution in [-0.4, -0.2) is 14.5 Å². The topological polar surface area (TPSA) is 58.2 Å². The molecule has 0 bridgehead atoms. The van der Waals surface area contributed by atoms with E-state index >= 15 is 0 Å². The molecule has 1 aromatic rings. The van der Waals surface area contributed by atoms with Crippen molar-refractivity contribution in [3.8, 4) is 0 Å². The number of aryl methyl sites for hydroxylation is 1. The number of nitrogens with one attached hydrogen (secondary N) is 2. The van der Waals surface area contributed by atoms with Crippen molar-refractivity contribution in [1.82, 2.24) is 4.72 Å². The smallest absolute Gasteiger partial charge is 0.271 e. The lowest BCUT2D eigenvalue weighted by Crippen LogP contribution is -2.35. The number of hydrogen-bond donors (Lipinski definition) is 2. The summed E-state index contributed by atoms with van der Waals surface area (Å²) in [4.78, 5) is 0. The SMILES string of the molecule is Cc1cccc(NS(=O)(=O)NC(C)C)c1. The maximum Gasteiger partial charge on any atom is 0.299 e. The first-order valence-corrected chi connectivity index (χ1v) is 6.24. The van der Waals surface area contributed by atoms with Gasteiger partial charge in [0.05, 0.1) is 0 Å². The van der Waals surface area contributed by atoms with Gasteiger partial charge in [0.1, 0.15) is 0 Å². The van der Waals surface area contributed by atoms with Crippen molar-refractivity contribution in [2.24, 2.45) is 0 Å². The zero-order valence-corrected chi connectivity index (χ0v) is 9.93. The van der Waals surface area contributed by atoms with E-state index in [0.29, 0.717) is 5.69 Å². The molecule has 0 saturated heterocycles. The lowest BCUT2D eigenvalue weighted by Gasteiger charge is -2.11. The molecule has 0 aliphatic heterocycles. The summed E-state index contributed by atoms with van der Waals surface area (Å²) in [6, 6.07) is 7.09. The fourth-order valence-electron chi connectivity index (χ4n) is 1.20. The van der Waals surface area contributed by atoms with Crippen LogP contribution in [0.4, 0.5) is 5.69 Å². The van der Waals surface area contributed by atoms with Gasteiger partial charge in [-0.25, -0.2) is 0 Å². The summed E-state index contributed by atoms with van der Waals surface area (Å²) in [6.07, 6.45) is 0. The van der Waals surface area contributed by atoms with Crippen molar-refractivity contribution < 1.29 is 8.42 Å². The van der Waals surface area contributed by atoms with Crippen LogP contribution in [0.2, 0.25) is 0 Å². The second kappa shape index (κ2) is 4.63. The average molecular weight is 228 g/mol. The van der Waals surface area contributed by atoms with Gasteiger partial charge in [-0.15, -0.1) is 0 Å². The van der Waals surface area contributed by atoms with Gasteiger partial charge in [-0.3, -0.25) is 4.72 Å². The van der Waals surface area contributed by atoms with Gasteiger partial charge in [-0.2, -0.15) is 13.1 Å². The molecule has 0 spiro atoms. The van der Waals surface area contributed by atoms with Crippen LogP contribution in [0.1, 0.15) is 19.4 Å². The molecule has 0 aliphatic carbocycles. The Morgan fingerprint density at radius 1 is 1.27 bits per heavy atom. The van der Waals surface area contributed by atoms with Gasteiger partial charge in [-0.1, -0.05) is 12.1 Å². The number of anilines is 1. The second-order valence-electron chi connectivity index (χ2n) is 3.75.